The SMILES string of the molecule is CC(C)(C)OC(=O)NCC(=O)N1CC2C(C1)C2(C)C. The lowest BCUT2D eigenvalue weighted by atomic mass is 10.1. The smallest absolute Gasteiger partial charge is 0.408 e. The molecule has 0 spiro atoms. The highest BCUT2D eigenvalue weighted by atomic mass is 16.6. The second kappa shape index (κ2) is 4.39. The molecule has 0 aromatic heterocycles. The minimum Gasteiger partial charge on any atom is -0.444 e. The first-order chi connectivity index (χ1) is 8.61. The fourth-order valence-electron chi connectivity index (χ4n) is 2.91. The van der Waals surface area contributed by atoms with Crippen LogP contribution in [0.3, 0.4) is 0 Å². The first-order valence-electron chi connectivity index (χ1n) is 6.86. The van der Waals surface area contributed by atoms with Crippen molar-refractivity contribution in [2.24, 2.45) is 17.3 Å². The Labute approximate surface area is 114 Å². The Kier molecular flexibility index (Phi) is 3.27. The monoisotopic (exact) mass is 268 g/mol. The molecule has 1 N–H and O–H groups in total. The van der Waals surface area contributed by atoms with Crippen molar-refractivity contribution in [2.45, 2.75) is 40.2 Å². The molecule has 1 saturated heterocycles. The van der Waals surface area contributed by atoms with Gasteiger partial charge in [-0.3, -0.25) is 4.79 Å². The van der Waals surface area contributed by atoms with Gasteiger partial charge in [0.25, 0.3) is 0 Å². The Hall–Kier alpha value is -1.26. The van der Waals surface area contributed by atoms with Crippen molar-refractivity contribution >= 4 is 12.0 Å². The minimum atomic E-state index is -0.537. The zero-order chi connectivity index (χ0) is 14.4. The number of rotatable bonds is 2. The van der Waals surface area contributed by atoms with Gasteiger partial charge >= 0.3 is 6.09 Å². The molecule has 5 heteroatoms. The number of likely N-dealkylation sites (tertiary alicyclic amines) is 1. The van der Waals surface area contributed by atoms with Crippen LogP contribution in [0.15, 0.2) is 0 Å². The van der Waals surface area contributed by atoms with Crippen molar-refractivity contribution in [3.63, 3.8) is 0 Å². The summed E-state index contributed by atoms with van der Waals surface area (Å²) in [6.45, 7) is 11.6. The summed E-state index contributed by atoms with van der Waals surface area (Å²) < 4.78 is 5.09. The largest absolute Gasteiger partial charge is 0.444 e. The van der Waals surface area contributed by atoms with Crippen LogP contribution in [0.4, 0.5) is 4.79 Å². The topological polar surface area (TPSA) is 58.6 Å². The molecule has 0 radical (unpaired) electrons. The Morgan fingerprint density at radius 3 is 2.26 bits per heavy atom. The van der Waals surface area contributed by atoms with E-state index in [2.05, 4.69) is 19.2 Å². The highest BCUT2D eigenvalue weighted by Gasteiger charge is 2.62. The van der Waals surface area contributed by atoms with Crippen LogP contribution in [0.25, 0.3) is 0 Å². The van der Waals surface area contributed by atoms with E-state index in [4.69, 9.17) is 4.74 Å². The summed E-state index contributed by atoms with van der Waals surface area (Å²) >= 11 is 0. The molecule has 1 heterocycles. The lowest BCUT2D eigenvalue weighted by molar-refractivity contribution is -0.130. The minimum absolute atomic E-state index is 0.0196. The summed E-state index contributed by atoms with van der Waals surface area (Å²) in [6.07, 6.45) is -0.537. The van der Waals surface area contributed by atoms with E-state index >= 15 is 0 Å². The van der Waals surface area contributed by atoms with Crippen molar-refractivity contribution in [1.82, 2.24) is 10.2 Å². The molecular weight excluding hydrogens is 244 g/mol. The number of carbonyl (C=O) groups is 2. The maximum atomic E-state index is 11.9. The van der Waals surface area contributed by atoms with Crippen LogP contribution in [0, 0.1) is 17.3 Å². The highest BCUT2D eigenvalue weighted by molar-refractivity contribution is 5.82. The second-order valence-corrected chi connectivity index (χ2v) is 7.19. The molecule has 2 fully saturated rings. The number of ether oxygens (including phenoxy) is 1. The van der Waals surface area contributed by atoms with Gasteiger partial charge in [0.1, 0.15) is 12.1 Å². The molecule has 0 aromatic carbocycles. The zero-order valence-electron chi connectivity index (χ0n) is 12.4. The number of nitrogens with zero attached hydrogens (tertiary/aromatic N) is 1. The van der Waals surface area contributed by atoms with Gasteiger partial charge in [0.2, 0.25) is 5.91 Å². The average Bonchev–Trinajstić information content (AvgIpc) is 2.66. The number of hydrogen-bond acceptors (Lipinski definition) is 3. The molecule has 2 aliphatic rings. The molecule has 2 unspecified atom stereocenters. The summed E-state index contributed by atoms with van der Waals surface area (Å²) in [7, 11) is 0. The fraction of sp³-hybridized carbons (Fsp3) is 0.857. The third kappa shape index (κ3) is 3.01. The van der Waals surface area contributed by atoms with Crippen LogP contribution < -0.4 is 5.32 Å². The van der Waals surface area contributed by atoms with E-state index in [-0.39, 0.29) is 12.5 Å². The van der Waals surface area contributed by atoms with E-state index in [1.807, 2.05) is 4.90 Å². The molecule has 1 aliphatic carbocycles. The summed E-state index contributed by atoms with van der Waals surface area (Å²) in [6, 6.07) is 0. The predicted molar refractivity (Wildman–Crippen MR) is 71.6 cm³/mol. The van der Waals surface area contributed by atoms with E-state index < -0.39 is 11.7 Å². The predicted octanol–water partition coefficient (Wildman–Crippen LogP) is 1.63. The molecule has 5 nitrogen and oxygen atoms in total. The third-order valence-electron chi connectivity index (χ3n) is 4.26. The Morgan fingerprint density at radius 2 is 1.79 bits per heavy atom. The molecule has 1 saturated carbocycles. The van der Waals surface area contributed by atoms with Crippen molar-refractivity contribution in [3.8, 4) is 0 Å². The lowest BCUT2D eigenvalue weighted by Gasteiger charge is -2.23. The number of alkyl carbamates (subject to hydrolysis) is 1. The van der Waals surface area contributed by atoms with Gasteiger partial charge in [-0.1, -0.05) is 13.8 Å². The van der Waals surface area contributed by atoms with Gasteiger partial charge in [-0.25, -0.2) is 4.79 Å². The molecule has 2 rings (SSSR count). The highest BCUT2D eigenvalue weighted by Crippen LogP contribution is 2.61. The molecule has 0 aromatic rings. The van der Waals surface area contributed by atoms with E-state index in [1.54, 1.807) is 20.8 Å². The summed E-state index contributed by atoms with van der Waals surface area (Å²) in [5, 5.41) is 2.51. The molecule has 1 aliphatic heterocycles. The van der Waals surface area contributed by atoms with E-state index in [9.17, 15) is 9.59 Å². The van der Waals surface area contributed by atoms with Gasteiger partial charge in [0.15, 0.2) is 0 Å². The summed E-state index contributed by atoms with van der Waals surface area (Å²) in [5.74, 6) is 1.25. The number of piperidine rings is 1. The van der Waals surface area contributed by atoms with Crippen molar-refractivity contribution < 1.29 is 14.3 Å². The van der Waals surface area contributed by atoms with Crippen molar-refractivity contribution in [1.29, 1.82) is 0 Å². The van der Waals surface area contributed by atoms with Crippen LogP contribution in [0.2, 0.25) is 0 Å². The molecule has 108 valence electrons. The molecule has 2 atom stereocenters. The molecule has 0 bridgehead atoms. The zero-order valence-corrected chi connectivity index (χ0v) is 12.4. The van der Waals surface area contributed by atoms with Crippen LogP contribution in [-0.2, 0) is 9.53 Å². The lowest BCUT2D eigenvalue weighted by Crippen LogP contribution is -2.42. The second-order valence-electron chi connectivity index (χ2n) is 7.19. The standard InChI is InChI=1S/C14H24N2O3/c1-13(2,3)19-12(18)15-6-11(17)16-7-9-10(8-16)14(9,4)5/h9-10H,6-8H2,1-5H3,(H,15,18). The Balaban J connectivity index is 1.71. The maximum absolute atomic E-state index is 11.9. The number of hydrogen-bond donors (Lipinski definition) is 1. The normalized spacial score (nSPS) is 27.7. The van der Waals surface area contributed by atoms with Crippen LogP contribution in [-0.4, -0.2) is 42.1 Å². The first-order valence-corrected chi connectivity index (χ1v) is 6.86. The van der Waals surface area contributed by atoms with Gasteiger partial charge in [-0.05, 0) is 38.0 Å². The third-order valence-corrected chi connectivity index (χ3v) is 4.26. The number of carbonyl (C=O) groups excluding carboxylic acids is 2. The summed E-state index contributed by atoms with van der Waals surface area (Å²) in [4.78, 5) is 25.2. The first kappa shape index (κ1) is 14.2. The van der Waals surface area contributed by atoms with Crippen LogP contribution >= 0.6 is 0 Å². The van der Waals surface area contributed by atoms with Crippen molar-refractivity contribution in [3.05, 3.63) is 0 Å². The fourth-order valence-corrected chi connectivity index (χ4v) is 2.91. The Morgan fingerprint density at radius 1 is 1.26 bits per heavy atom. The van der Waals surface area contributed by atoms with Crippen molar-refractivity contribution in [2.75, 3.05) is 19.6 Å². The Bertz CT molecular complexity index is 384. The molecule has 19 heavy (non-hydrogen) atoms. The van der Waals surface area contributed by atoms with Gasteiger partial charge in [0.05, 0.1) is 0 Å². The number of nitrogens with one attached hydrogen (secondary N) is 1. The van der Waals surface area contributed by atoms with E-state index in [0.717, 1.165) is 13.1 Å². The number of amides is 2. The average molecular weight is 268 g/mol. The van der Waals surface area contributed by atoms with E-state index in [1.165, 1.54) is 0 Å². The summed E-state index contributed by atoms with van der Waals surface area (Å²) in [5.41, 5.74) is -0.137. The van der Waals surface area contributed by atoms with Gasteiger partial charge in [0, 0.05) is 13.1 Å². The van der Waals surface area contributed by atoms with E-state index in [0.29, 0.717) is 17.3 Å². The number of fused-ring (bicyclic) bond motifs is 1. The van der Waals surface area contributed by atoms with Crippen LogP contribution in [0.1, 0.15) is 34.6 Å². The van der Waals surface area contributed by atoms with Gasteiger partial charge in [-0.2, -0.15) is 0 Å². The van der Waals surface area contributed by atoms with Gasteiger partial charge < -0.3 is 15.0 Å². The quantitative estimate of drug-likeness (QED) is 0.828. The maximum Gasteiger partial charge on any atom is 0.408 e. The van der Waals surface area contributed by atoms with Gasteiger partial charge in [-0.15, -0.1) is 0 Å². The molecular formula is C14H24N2O3. The van der Waals surface area contributed by atoms with Crippen LogP contribution in [0.5, 0.6) is 0 Å². The molecule has 2 amide bonds.